The summed E-state index contributed by atoms with van der Waals surface area (Å²) >= 11 is 0. The minimum Gasteiger partial charge on any atom is -0.309 e. The minimum atomic E-state index is -2.87. The molecule has 0 aliphatic carbocycles. The number of aromatic nitrogens is 1. The molecule has 11 aromatic rings. The molecule has 0 fully saturated rings. The summed E-state index contributed by atoms with van der Waals surface area (Å²) in [5.74, 6) is 0. The Morgan fingerprint density at radius 3 is 1.17 bits per heavy atom. The van der Waals surface area contributed by atoms with Gasteiger partial charge in [0.25, 0.3) is 0 Å². The van der Waals surface area contributed by atoms with Crippen LogP contribution in [0, 0.1) is 0 Å². The molecule has 0 amide bonds. The lowest BCUT2D eigenvalue weighted by Crippen LogP contribution is -2.74. The van der Waals surface area contributed by atoms with E-state index in [0.717, 1.165) is 28.3 Å². The van der Waals surface area contributed by atoms with Crippen LogP contribution in [0.15, 0.2) is 291 Å². The number of hydrazine groups is 2. The molecule has 2 aliphatic heterocycles. The second-order valence-electron chi connectivity index (χ2n) is 18.2. The van der Waals surface area contributed by atoms with E-state index in [-0.39, 0.29) is 0 Å². The average molecular weight is 929 g/mol. The highest BCUT2D eigenvalue weighted by Gasteiger charge is 2.43. The first-order valence-electron chi connectivity index (χ1n) is 24.1. The molecule has 4 nitrogen and oxygen atoms in total. The van der Waals surface area contributed by atoms with E-state index in [1.54, 1.807) is 0 Å². The number of fused-ring (bicyclic) bond motifs is 6. The molecule has 0 saturated heterocycles. The van der Waals surface area contributed by atoms with Crippen molar-refractivity contribution in [3.05, 3.63) is 291 Å². The predicted molar refractivity (Wildman–Crippen MR) is 299 cm³/mol. The third-order valence-electron chi connectivity index (χ3n) is 14.6. The maximum Gasteiger partial charge on any atom is 0.179 e. The fraction of sp³-hybridized carbons (Fsp3) is 0. The van der Waals surface area contributed by atoms with Gasteiger partial charge in [-0.3, -0.25) is 0 Å². The largest absolute Gasteiger partial charge is 0.309 e. The van der Waals surface area contributed by atoms with E-state index in [9.17, 15) is 0 Å². The molecule has 0 bridgehead atoms. The van der Waals surface area contributed by atoms with Crippen molar-refractivity contribution in [3.8, 4) is 5.69 Å². The molecule has 10 aromatic carbocycles. The molecule has 0 unspecified atom stereocenters. The van der Waals surface area contributed by atoms with Gasteiger partial charge in [0.05, 0.1) is 28.1 Å². The summed E-state index contributed by atoms with van der Waals surface area (Å²) < 4.78 is 2.52. The van der Waals surface area contributed by atoms with Gasteiger partial charge in [-0.15, -0.1) is 0 Å². The van der Waals surface area contributed by atoms with Gasteiger partial charge in [0.2, 0.25) is 0 Å². The molecule has 70 heavy (non-hydrogen) atoms. The van der Waals surface area contributed by atoms with E-state index < -0.39 is 16.1 Å². The lowest BCUT2D eigenvalue weighted by Gasteiger charge is -2.34. The Morgan fingerprint density at radius 2 is 0.671 bits per heavy atom. The minimum absolute atomic E-state index is 1.09. The summed E-state index contributed by atoms with van der Waals surface area (Å²) in [7, 11) is -5.63. The Kier molecular flexibility index (Phi) is 10.2. The van der Waals surface area contributed by atoms with Crippen LogP contribution >= 0.6 is 0 Å². The van der Waals surface area contributed by atoms with Gasteiger partial charge < -0.3 is 4.57 Å². The molecule has 0 saturated carbocycles. The summed E-state index contributed by atoms with van der Waals surface area (Å²) in [5, 5.41) is 20.0. The van der Waals surface area contributed by atoms with Crippen molar-refractivity contribution in [3.63, 3.8) is 0 Å². The predicted octanol–water partition coefficient (Wildman–Crippen LogP) is 9.67. The molecule has 2 aliphatic rings. The van der Waals surface area contributed by atoms with Gasteiger partial charge in [-0.2, -0.15) is 5.12 Å². The van der Waals surface area contributed by atoms with E-state index in [2.05, 4.69) is 311 Å². The highest BCUT2D eigenvalue weighted by molar-refractivity contribution is 7.20. The maximum atomic E-state index is 2.53. The molecule has 13 rings (SSSR count). The lowest BCUT2D eigenvalue weighted by molar-refractivity contribution is 0.408. The molecule has 332 valence electrons. The smallest absolute Gasteiger partial charge is 0.179 e. The SMILES string of the molecule is C1=CN2c3ccccc3N(c3ccc4c(c3)c3ccc([Si](c5ccccc5)(c5ccccc5)c5ccccc5)cc3n4-c3ccc([Si](c4ccccc4)(c4ccccc4)c4ccccc4)cc3)N2C=C1. The number of allylic oxidation sites excluding steroid dienone is 2. The Balaban J connectivity index is 1.07. The van der Waals surface area contributed by atoms with Crippen molar-refractivity contribution >= 4 is 96.5 Å². The van der Waals surface area contributed by atoms with E-state index in [0.29, 0.717) is 0 Å². The number of hydrogen-bond acceptors (Lipinski definition) is 3. The second kappa shape index (κ2) is 17.1. The van der Waals surface area contributed by atoms with Crippen LogP contribution in [0.2, 0.25) is 0 Å². The molecule has 6 heteroatoms. The lowest BCUT2D eigenvalue weighted by atomic mass is 10.1. The van der Waals surface area contributed by atoms with Crippen LogP contribution in [-0.2, 0) is 0 Å². The summed E-state index contributed by atoms with van der Waals surface area (Å²) in [6, 6.07) is 99.9. The fourth-order valence-electron chi connectivity index (χ4n) is 11.6. The summed E-state index contributed by atoms with van der Waals surface area (Å²) in [6.07, 6.45) is 8.44. The van der Waals surface area contributed by atoms with Crippen molar-refractivity contribution in [2.24, 2.45) is 0 Å². The van der Waals surface area contributed by atoms with Crippen molar-refractivity contribution in [2.75, 3.05) is 10.0 Å². The number of para-hydroxylation sites is 2. The van der Waals surface area contributed by atoms with Crippen molar-refractivity contribution < 1.29 is 0 Å². The first kappa shape index (κ1) is 41.5. The Labute approximate surface area is 411 Å². The van der Waals surface area contributed by atoms with Gasteiger partial charge in [-0.1, -0.05) is 218 Å². The van der Waals surface area contributed by atoms with E-state index >= 15 is 0 Å². The number of anilines is 3. The van der Waals surface area contributed by atoms with Crippen LogP contribution in [0.3, 0.4) is 0 Å². The fourth-order valence-corrected chi connectivity index (χ4v) is 21.1. The molecular formula is C64H48N4Si2. The quantitative estimate of drug-likeness (QED) is 0.100. The Hall–Kier alpha value is -8.69. The molecule has 0 N–H and O–H groups in total. The van der Waals surface area contributed by atoms with Gasteiger partial charge >= 0.3 is 0 Å². The van der Waals surface area contributed by atoms with Gasteiger partial charge in [-0.05, 0) is 102 Å². The monoisotopic (exact) mass is 928 g/mol. The highest BCUT2D eigenvalue weighted by Crippen LogP contribution is 2.46. The first-order chi connectivity index (χ1) is 34.7. The van der Waals surface area contributed by atoms with Crippen molar-refractivity contribution in [2.45, 2.75) is 0 Å². The molecule has 0 spiro atoms. The highest BCUT2D eigenvalue weighted by atomic mass is 28.3. The zero-order valence-corrected chi connectivity index (χ0v) is 40.5. The topological polar surface area (TPSA) is 14.7 Å². The summed E-state index contributed by atoms with van der Waals surface area (Å²) in [4.78, 5) is 0. The van der Waals surface area contributed by atoms with Gasteiger partial charge in [-0.25, -0.2) is 10.0 Å². The van der Waals surface area contributed by atoms with Crippen LogP contribution in [0.5, 0.6) is 0 Å². The molecule has 1 aromatic heterocycles. The normalized spacial score (nSPS) is 13.2. The van der Waals surface area contributed by atoms with E-state index in [1.807, 2.05) is 0 Å². The van der Waals surface area contributed by atoms with Gasteiger partial charge in [0.15, 0.2) is 16.1 Å². The van der Waals surface area contributed by atoms with Crippen LogP contribution in [0.1, 0.15) is 0 Å². The van der Waals surface area contributed by atoms with Crippen LogP contribution in [0.4, 0.5) is 17.1 Å². The third kappa shape index (κ3) is 6.42. The van der Waals surface area contributed by atoms with E-state index in [1.165, 1.54) is 57.8 Å². The molecule has 3 heterocycles. The molecular weight excluding hydrogens is 881 g/mol. The zero-order chi connectivity index (χ0) is 46.5. The summed E-state index contributed by atoms with van der Waals surface area (Å²) in [6.45, 7) is 0. The number of hydrogen-bond donors (Lipinski definition) is 0. The standard InChI is InChI=1S/C64H48N4Si2/c1-7-23-51(24-8-1)69(52-25-9-2-10-26-52,53-27-11-3-12-28-53)57-40-37-49(38-41-57)67-61-44-39-50(68-63-36-20-19-35-62(63)65-45-21-22-46-66(65)68)47-60(61)59-43-42-58(48-64(59)67)70(54-29-13-4-14-30-54,55-31-15-5-16-32-55)56-33-17-6-18-34-56/h1-48H. The first-order valence-corrected chi connectivity index (χ1v) is 28.1. The molecule has 0 atom stereocenters. The summed E-state index contributed by atoms with van der Waals surface area (Å²) in [5.41, 5.74) is 6.82. The second-order valence-corrected chi connectivity index (χ2v) is 25.8. The van der Waals surface area contributed by atoms with E-state index in [4.69, 9.17) is 0 Å². The Bertz CT molecular complexity index is 3520. The Morgan fingerprint density at radius 1 is 0.271 bits per heavy atom. The third-order valence-corrected chi connectivity index (χ3v) is 24.1. The number of rotatable bonds is 10. The molecule has 0 radical (unpaired) electrons. The zero-order valence-electron chi connectivity index (χ0n) is 38.5. The van der Waals surface area contributed by atoms with Gasteiger partial charge in [0, 0.05) is 28.9 Å². The van der Waals surface area contributed by atoms with Crippen molar-refractivity contribution in [1.29, 1.82) is 0 Å². The maximum absolute atomic E-state index is 2.87. The van der Waals surface area contributed by atoms with Gasteiger partial charge in [0.1, 0.15) is 0 Å². The number of benzene rings is 10. The van der Waals surface area contributed by atoms with Crippen LogP contribution in [0.25, 0.3) is 27.5 Å². The number of nitrogens with zero attached hydrogens (tertiary/aromatic N) is 4. The van der Waals surface area contributed by atoms with Crippen molar-refractivity contribution in [1.82, 2.24) is 9.69 Å². The van der Waals surface area contributed by atoms with Crippen LogP contribution < -0.4 is 51.5 Å². The van der Waals surface area contributed by atoms with Crippen LogP contribution in [-0.4, -0.2) is 25.8 Å². The average Bonchev–Trinajstić information content (AvgIpc) is 3.95.